The van der Waals surface area contributed by atoms with Gasteiger partial charge in [-0.15, -0.1) is 0 Å². The number of carbonyl (C=O) groups is 2. The summed E-state index contributed by atoms with van der Waals surface area (Å²) >= 11 is 0. The van der Waals surface area contributed by atoms with Crippen LogP contribution < -0.4 is 5.32 Å². The number of allylic oxidation sites excluding steroid dienone is 2. The molecule has 1 amide bonds. The number of hydrogen-bond acceptors (Lipinski definition) is 5. The second-order valence-electron chi connectivity index (χ2n) is 15.3. The zero-order chi connectivity index (χ0) is 29.6. The fourth-order valence-electron chi connectivity index (χ4n) is 11.3. The van der Waals surface area contributed by atoms with E-state index in [4.69, 9.17) is 4.74 Å². The zero-order valence-electron chi connectivity index (χ0n) is 26.1. The second-order valence-corrected chi connectivity index (χ2v) is 15.3. The Kier molecular flexibility index (Phi) is 6.64. The topological polar surface area (TPSA) is 78.9 Å². The van der Waals surface area contributed by atoms with Gasteiger partial charge in [0.1, 0.15) is 6.10 Å². The lowest BCUT2D eigenvalue weighted by Gasteiger charge is -2.61. The van der Waals surface area contributed by atoms with E-state index in [9.17, 15) is 14.7 Å². The van der Waals surface area contributed by atoms with Crippen molar-refractivity contribution in [2.45, 2.75) is 91.3 Å². The normalized spacial score (nSPS) is 46.5. The van der Waals surface area contributed by atoms with E-state index >= 15 is 0 Å². The van der Waals surface area contributed by atoms with Gasteiger partial charge in [0, 0.05) is 35.9 Å². The molecule has 0 unspecified atom stereocenters. The van der Waals surface area contributed by atoms with Crippen LogP contribution in [0.2, 0.25) is 0 Å². The molecule has 0 saturated heterocycles. The molecular weight excluding hydrogens is 512 g/mol. The third kappa shape index (κ3) is 3.75. The lowest BCUT2D eigenvalue weighted by Crippen LogP contribution is -2.60. The highest BCUT2D eigenvalue weighted by atomic mass is 16.5. The number of nitrogens with zero attached hydrogens (tertiary/aromatic N) is 1. The third-order valence-corrected chi connectivity index (χ3v) is 13.7. The molecule has 2 N–H and O–H groups in total. The molecule has 6 nitrogen and oxygen atoms in total. The second kappa shape index (κ2) is 9.41. The Morgan fingerprint density at radius 3 is 2.32 bits per heavy atom. The fraction of sp³-hybridized carbons (Fsp3) is 0.714. The first-order valence-corrected chi connectivity index (χ1v) is 15.8. The van der Waals surface area contributed by atoms with Gasteiger partial charge in [-0.1, -0.05) is 51.1 Å². The van der Waals surface area contributed by atoms with E-state index in [1.165, 1.54) is 12.8 Å². The van der Waals surface area contributed by atoms with Gasteiger partial charge in [-0.05, 0) is 105 Å². The molecule has 1 aromatic carbocycles. The summed E-state index contributed by atoms with van der Waals surface area (Å²) in [6.07, 6.45) is 11.2. The van der Waals surface area contributed by atoms with Crippen LogP contribution in [0.4, 0.5) is 0 Å². The van der Waals surface area contributed by atoms with Crippen LogP contribution in [-0.2, 0) is 9.53 Å². The summed E-state index contributed by atoms with van der Waals surface area (Å²) in [5.41, 5.74) is 0.675. The van der Waals surface area contributed by atoms with E-state index in [0.717, 1.165) is 25.7 Å². The Balaban J connectivity index is 1.34. The molecule has 5 aliphatic rings. The van der Waals surface area contributed by atoms with Crippen molar-refractivity contribution >= 4 is 11.9 Å². The van der Waals surface area contributed by atoms with Gasteiger partial charge in [0.05, 0.1) is 6.61 Å². The van der Waals surface area contributed by atoms with Crippen LogP contribution in [0.1, 0.15) is 83.5 Å². The van der Waals surface area contributed by atoms with Crippen molar-refractivity contribution in [2.75, 3.05) is 20.7 Å². The van der Waals surface area contributed by atoms with Crippen LogP contribution >= 0.6 is 0 Å². The Bertz CT molecular complexity index is 1250. The van der Waals surface area contributed by atoms with Gasteiger partial charge in [0.2, 0.25) is 0 Å². The maximum absolute atomic E-state index is 13.2. The lowest BCUT2D eigenvalue weighted by molar-refractivity contribution is -0.150. The number of esters is 1. The van der Waals surface area contributed by atoms with Gasteiger partial charge in [0.25, 0.3) is 5.91 Å². The summed E-state index contributed by atoms with van der Waals surface area (Å²) in [5.74, 6) is 0.681. The van der Waals surface area contributed by atoms with Crippen LogP contribution in [0.25, 0.3) is 0 Å². The van der Waals surface area contributed by atoms with Crippen LogP contribution in [0.15, 0.2) is 42.5 Å². The monoisotopic (exact) mass is 562 g/mol. The third-order valence-electron chi connectivity index (χ3n) is 13.7. The number of aliphatic hydroxyl groups excluding tert-OH is 1. The highest BCUT2D eigenvalue weighted by Gasteiger charge is 2.82. The molecular formula is C35H50N2O4. The quantitative estimate of drug-likeness (QED) is 0.355. The summed E-state index contributed by atoms with van der Waals surface area (Å²) in [6, 6.07) is 9.64. The summed E-state index contributed by atoms with van der Waals surface area (Å²) in [4.78, 5) is 27.8. The van der Waals surface area contributed by atoms with Crippen LogP contribution in [0.5, 0.6) is 0 Å². The number of carbonyl (C=O) groups excluding carboxylic acids is 2. The van der Waals surface area contributed by atoms with Gasteiger partial charge in [-0.2, -0.15) is 0 Å². The Hall–Kier alpha value is -2.18. The van der Waals surface area contributed by atoms with Crippen molar-refractivity contribution < 1.29 is 19.4 Å². The molecule has 5 aliphatic carbocycles. The number of aliphatic hydroxyl groups is 1. The molecule has 224 valence electrons. The van der Waals surface area contributed by atoms with Gasteiger partial charge < -0.3 is 20.1 Å². The van der Waals surface area contributed by atoms with Gasteiger partial charge in [0.15, 0.2) is 0 Å². The zero-order valence-corrected chi connectivity index (χ0v) is 26.1. The van der Waals surface area contributed by atoms with Crippen molar-refractivity contribution in [2.24, 2.45) is 44.8 Å². The fourth-order valence-corrected chi connectivity index (χ4v) is 11.3. The Morgan fingerprint density at radius 2 is 1.68 bits per heavy atom. The molecule has 4 saturated carbocycles. The van der Waals surface area contributed by atoms with E-state index in [1.54, 1.807) is 6.92 Å². The number of fused-ring (bicyclic) bond motifs is 2. The number of nitrogens with one attached hydrogen (secondary N) is 1. The number of rotatable bonds is 6. The van der Waals surface area contributed by atoms with Crippen molar-refractivity contribution in [3.63, 3.8) is 0 Å². The van der Waals surface area contributed by atoms with Crippen molar-refractivity contribution in [1.29, 1.82) is 0 Å². The standard InChI is InChI=1S/C35H50N2O4/c1-22(37(6)7)29-25(41-23(2)39)19-33(5)27-14-13-26-31(3,21-38)28(36-30(40)24-11-9-8-10-12-24)15-16-34(26)20-35(27,34)18-17-32(29,33)4/h8-14,22,25-29,38H,15-21H2,1-7H3,(H,36,40)/t22-,25-,26-,27-,28-,29-,31+,32+,33-,34+,35-/m0/s1. The molecule has 11 atom stereocenters. The summed E-state index contributed by atoms with van der Waals surface area (Å²) in [7, 11) is 4.29. The molecule has 41 heavy (non-hydrogen) atoms. The summed E-state index contributed by atoms with van der Waals surface area (Å²) in [6.45, 7) is 11.1. The molecule has 6 rings (SSSR count). The molecule has 0 radical (unpaired) electrons. The lowest BCUT2D eigenvalue weighted by atomic mass is 9.43. The van der Waals surface area contributed by atoms with Crippen LogP contribution in [0.3, 0.4) is 0 Å². The maximum Gasteiger partial charge on any atom is 0.302 e. The molecule has 2 spiro atoms. The average molecular weight is 563 g/mol. The number of benzene rings is 1. The average Bonchev–Trinajstić information content (AvgIpc) is 3.54. The van der Waals surface area contributed by atoms with Gasteiger partial charge >= 0.3 is 5.97 Å². The molecule has 0 heterocycles. The van der Waals surface area contributed by atoms with Crippen molar-refractivity contribution in [3.8, 4) is 0 Å². The number of hydrogen-bond donors (Lipinski definition) is 2. The van der Waals surface area contributed by atoms with Crippen LogP contribution in [-0.4, -0.2) is 60.8 Å². The van der Waals surface area contributed by atoms with Crippen molar-refractivity contribution in [1.82, 2.24) is 10.2 Å². The van der Waals surface area contributed by atoms with E-state index < -0.39 is 5.41 Å². The first-order chi connectivity index (χ1) is 19.3. The number of ether oxygens (including phenoxy) is 1. The largest absolute Gasteiger partial charge is 0.462 e. The van der Waals surface area contributed by atoms with Crippen LogP contribution in [0, 0.1) is 44.8 Å². The predicted molar refractivity (Wildman–Crippen MR) is 160 cm³/mol. The smallest absolute Gasteiger partial charge is 0.302 e. The first kappa shape index (κ1) is 28.9. The minimum Gasteiger partial charge on any atom is -0.462 e. The van der Waals surface area contributed by atoms with Gasteiger partial charge in [-0.3, -0.25) is 9.59 Å². The number of amides is 1. The van der Waals surface area contributed by atoms with Gasteiger partial charge in [-0.25, -0.2) is 0 Å². The highest BCUT2D eigenvalue weighted by molar-refractivity contribution is 5.94. The maximum atomic E-state index is 13.2. The predicted octanol–water partition coefficient (Wildman–Crippen LogP) is 5.46. The van der Waals surface area contributed by atoms with E-state index in [1.807, 2.05) is 30.3 Å². The van der Waals surface area contributed by atoms with Crippen molar-refractivity contribution in [3.05, 3.63) is 48.0 Å². The first-order valence-electron chi connectivity index (χ1n) is 15.8. The Morgan fingerprint density at radius 1 is 1.02 bits per heavy atom. The summed E-state index contributed by atoms with van der Waals surface area (Å²) < 4.78 is 6.12. The van der Waals surface area contributed by atoms with E-state index in [-0.39, 0.29) is 64.1 Å². The SMILES string of the molecule is CC(=O)O[C@H]1C[C@@]2(C)[C@@H]3C=C[C@H]4[C@@](C)(CO)[C@@H](NC(=O)c5ccccc5)CC[C@@]45C[C@@]35CC[C@]2(C)[C@H]1[C@H](C)N(C)C. The molecule has 1 aromatic rings. The molecule has 0 bridgehead atoms. The molecule has 4 fully saturated rings. The Labute approximate surface area is 246 Å². The minimum absolute atomic E-state index is 0.0132. The molecule has 0 aliphatic heterocycles. The minimum atomic E-state index is -0.423. The van der Waals surface area contributed by atoms with E-state index in [0.29, 0.717) is 17.5 Å². The molecule has 0 aromatic heterocycles. The van der Waals surface area contributed by atoms with E-state index in [2.05, 4.69) is 64.2 Å². The molecule has 6 heteroatoms. The summed E-state index contributed by atoms with van der Waals surface area (Å²) in [5, 5.41) is 14.3. The highest BCUT2D eigenvalue weighted by Crippen LogP contribution is 2.87.